The molecular formula is C24H19BrFNO4. The number of carbonyl (C=O) groups is 2. The lowest BCUT2D eigenvalue weighted by atomic mass is 9.98. The number of carboxylic acid groups (broad SMARTS) is 1. The van der Waals surface area contributed by atoms with Gasteiger partial charge in [-0.25, -0.2) is 14.0 Å². The quantitative estimate of drug-likeness (QED) is 0.509. The van der Waals surface area contributed by atoms with Crippen molar-refractivity contribution in [3.8, 4) is 11.1 Å². The first-order chi connectivity index (χ1) is 15.0. The Morgan fingerprint density at radius 2 is 1.61 bits per heavy atom. The van der Waals surface area contributed by atoms with Crippen molar-refractivity contribution in [1.29, 1.82) is 0 Å². The van der Waals surface area contributed by atoms with E-state index in [0.717, 1.165) is 22.3 Å². The summed E-state index contributed by atoms with van der Waals surface area (Å²) in [4.78, 5) is 24.0. The van der Waals surface area contributed by atoms with Crippen LogP contribution in [-0.4, -0.2) is 29.8 Å². The van der Waals surface area contributed by atoms with Gasteiger partial charge in [0.25, 0.3) is 0 Å². The van der Waals surface area contributed by atoms with E-state index >= 15 is 0 Å². The first kappa shape index (κ1) is 21.1. The van der Waals surface area contributed by atoms with E-state index in [1.165, 1.54) is 12.1 Å². The lowest BCUT2D eigenvalue weighted by Gasteiger charge is -2.18. The molecular weight excluding hydrogens is 465 g/mol. The molecule has 0 radical (unpaired) electrons. The number of hydrogen-bond acceptors (Lipinski definition) is 3. The Kier molecular flexibility index (Phi) is 6.04. The number of alkyl carbamates (subject to hydrolysis) is 1. The molecule has 1 atom stereocenters. The normalized spacial score (nSPS) is 13.2. The molecule has 158 valence electrons. The predicted molar refractivity (Wildman–Crippen MR) is 117 cm³/mol. The first-order valence-corrected chi connectivity index (χ1v) is 10.5. The van der Waals surface area contributed by atoms with Crippen LogP contribution in [0.1, 0.15) is 22.6 Å². The third-order valence-electron chi connectivity index (χ3n) is 5.39. The van der Waals surface area contributed by atoms with E-state index < -0.39 is 23.9 Å². The SMILES string of the molecule is O=C(NC(Cc1cccc(Br)c1F)C(=O)O)OCC1c2ccccc2-c2ccccc21. The van der Waals surface area contributed by atoms with Crippen LogP contribution < -0.4 is 5.32 Å². The Hall–Kier alpha value is -3.19. The highest BCUT2D eigenvalue weighted by Gasteiger charge is 2.30. The lowest BCUT2D eigenvalue weighted by molar-refractivity contribution is -0.139. The van der Waals surface area contributed by atoms with Gasteiger partial charge >= 0.3 is 12.1 Å². The summed E-state index contributed by atoms with van der Waals surface area (Å²) in [6.07, 6.45) is -1.06. The van der Waals surface area contributed by atoms with Gasteiger partial charge in [-0.2, -0.15) is 0 Å². The van der Waals surface area contributed by atoms with E-state index in [4.69, 9.17) is 4.74 Å². The Labute approximate surface area is 187 Å². The summed E-state index contributed by atoms with van der Waals surface area (Å²) >= 11 is 3.08. The summed E-state index contributed by atoms with van der Waals surface area (Å²) < 4.78 is 19.8. The second-order valence-corrected chi connectivity index (χ2v) is 8.13. The van der Waals surface area contributed by atoms with Gasteiger partial charge in [-0.05, 0) is 49.8 Å². The molecule has 4 rings (SSSR count). The monoisotopic (exact) mass is 483 g/mol. The average molecular weight is 484 g/mol. The van der Waals surface area contributed by atoms with Crippen molar-refractivity contribution in [2.45, 2.75) is 18.4 Å². The van der Waals surface area contributed by atoms with E-state index in [9.17, 15) is 19.1 Å². The molecule has 1 aliphatic rings. The van der Waals surface area contributed by atoms with Gasteiger partial charge in [0.2, 0.25) is 0 Å². The lowest BCUT2D eigenvalue weighted by Crippen LogP contribution is -2.43. The minimum atomic E-state index is -1.32. The molecule has 0 fully saturated rings. The molecule has 3 aromatic carbocycles. The number of carbonyl (C=O) groups excluding carboxylic acids is 1. The van der Waals surface area contributed by atoms with Gasteiger partial charge in [0.05, 0.1) is 4.47 Å². The summed E-state index contributed by atoms with van der Waals surface area (Å²) in [7, 11) is 0. The number of ether oxygens (including phenoxy) is 1. The first-order valence-electron chi connectivity index (χ1n) is 9.73. The van der Waals surface area contributed by atoms with Gasteiger partial charge in [-0.3, -0.25) is 0 Å². The molecule has 0 saturated heterocycles. The minimum Gasteiger partial charge on any atom is -0.480 e. The fourth-order valence-corrected chi connectivity index (χ4v) is 4.32. The van der Waals surface area contributed by atoms with Gasteiger partial charge in [-0.15, -0.1) is 0 Å². The number of fused-ring (bicyclic) bond motifs is 3. The molecule has 0 aliphatic heterocycles. The maximum atomic E-state index is 14.2. The molecule has 5 nitrogen and oxygen atoms in total. The molecule has 31 heavy (non-hydrogen) atoms. The van der Waals surface area contributed by atoms with Crippen LogP contribution in [0.2, 0.25) is 0 Å². The second kappa shape index (κ2) is 8.89. The number of amides is 1. The van der Waals surface area contributed by atoms with Crippen molar-refractivity contribution in [1.82, 2.24) is 5.32 Å². The zero-order valence-corrected chi connectivity index (χ0v) is 17.9. The number of hydrogen-bond donors (Lipinski definition) is 2. The van der Waals surface area contributed by atoms with Crippen LogP contribution in [0.5, 0.6) is 0 Å². The van der Waals surface area contributed by atoms with Crippen molar-refractivity contribution >= 4 is 28.0 Å². The molecule has 0 saturated carbocycles. The number of carboxylic acids is 1. The Morgan fingerprint density at radius 1 is 1.00 bits per heavy atom. The molecule has 1 aliphatic carbocycles. The van der Waals surface area contributed by atoms with Crippen molar-refractivity contribution in [2.24, 2.45) is 0 Å². The van der Waals surface area contributed by atoms with Gasteiger partial charge in [0.15, 0.2) is 0 Å². The van der Waals surface area contributed by atoms with Crippen LogP contribution in [0.4, 0.5) is 9.18 Å². The summed E-state index contributed by atoms with van der Waals surface area (Å²) in [6.45, 7) is 0.0669. The highest BCUT2D eigenvalue weighted by molar-refractivity contribution is 9.10. The maximum Gasteiger partial charge on any atom is 0.407 e. The predicted octanol–water partition coefficient (Wildman–Crippen LogP) is 5.12. The smallest absolute Gasteiger partial charge is 0.407 e. The number of benzene rings is 3. The van der Waals surface area contributed by atoms with Crippen LogP contribution >= 0.6 is 15.9 Å². The van der Waals surface area contributed by atoms with Crippen LogP contribution in [0.15, 0.2) is 71.2 Å². The van der Waals surface area contributed by atoms with Gasteiger partial charge in [-0.1, -0.05) is 60.7 Å². The van der Waals surface area contributed by atoms with Crippen molar-refractivity contribution in [3.63, 3.8) is 0 Å². The van der Waals surface area contributed by atoms with Crippen LogP contribution in [0, 0.1) is 5.82 Å². The van der Waals surface area contributed by atoms with Crippen LogP contribution in [0.3, 0.4) is 0 Å². The molecule has 3 aromatic rings. The van der Waals surface area contributed by atoms with E-state index in [1.807, 2.05) is 48.5 Å². The summed E-state index contributed by atoms with van der Waals surface area (Å²) in [5, 5.41) is 11.8. The maximum absolute atomic E-state index is 14.2. The largest absolute Gasteiger partial charge is 0.480 e. The van der Waals surface area contributed by atoms with E-state index in [-0.39, 0.29) is 29.0 Å². The molecule has 0 spiro atoms. The molecule has 0 bridgehead atoms. The van der Waals surface area contributed by atoms with E-state index in [1.54, 1.807) is 6.07 Å². The highest BCUT2D eigenvalue weighted by Crippen LogP contribution is 2.44. The third kappa shape index (κ3) is 4.32. The molecule has 7 heteroatoms. The second-order valence-electron chi connectivity index (χ2n) is 7.28. The number of rotatable bonds is 6. The average Bonchev–Trinajstić information content (AvgIpc) is 3.08. The zero-order valence-electron chi connectivity index (χ0n) is 16.3. The van der Waals surface area contributed by atoms with Crippen LogP contribution in [-0.2, 0) is 16.0 Å². The van der Waals surface area contributed by atoms with Crippen molar-refractivity contribution in [3.05, 3.63) is 93.7 Å². The van der Waals surface area contributed by atoms with E-state index in [2.05, 4.69) is 21.2 Å². The third-order valence-corrected chi connectivity index (χ3v) is 6.00. The zero-order chi connectivity index (χ0) is 22.0. The van der Waals surface area contributed by atoms with Gasteiger partial charge < -0.3 is 15.2 Å². The molecule has 2 N–H and O–H groups in total. The fourth-order valence-electron chi connectivity index (χ4n) is 3.91. The molecule has 1 unspecified atom stereocenters. The van der Waals surface area contributed by atoms with Crippen molar-refractivity contribution < 1.29 is 23.8 Å². The standard InChI is InChI=1S/C24H19BrFNO4/c25-20-11-5-6-14(22(20)26)12-21(23(28)29)27-24(30)31-13-19-17-9-3-1-7-15(17)16-8-2-4-10-18(16)19/h1-11,19,21H,12-13H2,(H,27,30)(H,28,29). The fraction of sp³-hybridized carbons (Fsp3) is 0.167. The Balaban J connectivity index is 1.45. The minimum absolute atomic E-state index is 0.0669. The van der Waals surface area contributed by atoms with Crippen molar-refractivity contribution in [2.75, 3.05) is 6.61 Å². The highest BCUT2D eigenvalue weighted by atomic mass is 79.9. The Bertz CT molecular complexity index is 1100. The molecule has 0 aromatic heterocycles. The summed E-state index contributed by atoms with van der Waals surface area (Å²) in [5.41, 5.74) is 4.49. The van der Waals surface area contributed by atoms with Gasteiger partial charge in [0.1, 0.15) is 18.5 Å². The van der Waals surface area contributed by atoms with Gasteiger partial charge in [0, 0.05) is 12.3 Å². The summed E-state index contributed by atoms with van der Waals surface area (Å²) in [5.74, 6) is -1.96. The topological polar surface area (TPSA) is 75.6 Å². The molecule has 1 amide bonds. The number of aliphatic carboxylic acids is 1. The molecule has 0 heterocycles. The number of nitrogens with one attached hydrogen (secondary N) is 1. The van der Waals surface area contributed by atoms with E-state index in [0.29, 0.717) is 0 Å². The van der Waals surface area contributed by atoms with Crippen LogP contribution in [0.25, 0.3) is 11.1 Å². The Morgan fingerprint density at radius 3 is 2.23 bits per heavy atom. The number of halogens is 2. The summed E-state index contributed by atoms with van der Waals surface area (Å²) in [6, 6.07) is 19.1.